The van der Waals surface area contributed by atoms with Gasteiger partial charge in [-0.25, -0.2) is 0 Å². The van der Waals surface area contributed by atoms with Crippen LogP contribution in [0.2, 0.25) is 0 Å². The summed E-state index contributed by atoms with van der Waals surface area (Å²) in [7, 11) is 1.70. The third-order valence-corrected chi connectivity index (χ3v) is 3.49. The smallest absolute Gasteiger partial charge is 0.123 e. The highest BCUT2D eigenvalue weighted by Crippen LogP contribution is 2.28. The topological polar surface area (TPSA) is 47.3 Å². The molecule has 1 aliphatic heterocycles. The van der Waals surface area contributed by atoms with Gasteiger partial charge in [0, 0.05) is 17.6 Å². The lowest BCUT2D eigenvalue weighted by Gasteiger charge is -2.19. The third-order valence-electron chi connectivity index (χ3n) is 3.49. The Balaban J connectivity index is 2.11. The van der Waals surface area contributed by atoms with Gasteiger partial charge >= 0.3 is 0 Å². The van der Waals surface area contributed by atoms with E-state index in [0.717, 1.165) is 24.3 Å². The van der Waals surface area contributed by atoms with Crippen LogP contribution in [0.3, 0.4) is 0 Å². The highest BCUT2D eigenvalue weighted by Gasteiger charge is 2.20. The molecule has 0 radical (unpaired) electrons. The normalized spacial score (nSPS) is 21.5. The van der Waals surface area contributed by atoms with Crippen LogP contribution in [0, 0.1) is 6.92 Å². The number of aryl methyl sites for hydroxylation is 1. The van der Waals surface area contributed by atoms with Gasteiger partial charge in [0.2, 0.25) is 0 Å². The maximum Gasteiger partial charge on any atom is 0.123 e. The minimum Gasteiger partial charge on any atom is -0.496 e. The molecule has 2 rings (SSSR count). The number of nitrogens with one attached hydrogen (secondary N) is 1. The molecule has 2 unspecified atom stereocenters. The third kappa shape index (κ3) is 2.99. The molecule has 1 aliphatic rings. The highest BCUT2D eigenvalue weighted by molar-refractivity contribution is 5.39. The average molecular weight is 234 g/mol. The van der Waals surface area contributed by atoms with Crippen molar-refractivity contribution in [3.05, 3.63) is 29.3 Å². The molecule has 0 aromatic heterocycles. The summed E-state index contributed by atoms with van der Waals surface area (Å²) in [5.41, 5.74) is 8.66. The maximum atomic E-state index is 6.30. The second-order valence-electron chi connectivity index (χ2n) is 4.88. The zero-order valence-corrected chi connectivity index (χ0v) is 10.7. The van der Waals surface area contributed by atoms with Gasteiger partial charge in [-0.1, -0.05) is 17.7 Å². The second kappa shape index (κ2) is 5.52. The Morgan fingerprint density at radius 3 is 3.00 bits per heavy atom. The second-order valence-corrected chi connectivity index (χ2v) is 4.88. The van der Waals surface area contributed by atoms with Crippen LogP contribution in [0.5, 0.6) is 5.75 Å². The molecule has 3 heteroatoms. The van der Waals surface area contributed by atoms with Crippen LogP contribution < -0.4 is 15.8 Å². The van der Waals surface area contributed by atoms with E-state index < -0.39 is 0 Å². The number of methoxy groups -OCH3 is 1. The van der Waals surface area contributed by atoms with E-state index in [1.165, 1.54) is 18.4 Å². The molecule has 0 saturated carbocycles. The van der Waals surface area contributed by atoms with Gasteiger partial charge in [0.15, 0.2) is 0 Å². The van der Waals surface area contributed by atoms with Gasteiger partial charge in [0.05, 0.1) is 7.11 Å². The summed E-state index contributed by atoms with van der Waals surface area (Å²) in [6, 6.07) is 6.82. The van der Waals surface area contributed by atoms with Gasteiger partial charge in [-0.15, -0.1) is 0 Å². The van der Waals surface area contributed by atoms with E-state index in [1.54, 1.807) is 7.11 Å². The van der Waals surface area contributed by atoms with Crippen molar-refractivity contribution in [2.75, 3.05) is 13.7 Å². The largest absolute Gasteiger partial charge is 0.496 e. The van der Waals surface area contributed by atoms with Crippen molar-refractivity contribution in [3.8, 4) is 5.75 Å². The van der Waals surface area contributed by atoms with E-state index in [4.69, 9.17) is 10.5 Å². The van der Waals surface area contributed by atoms with Crippen molar-refractivity contribution in [2.45, 2.75) is 38.3 Å². The van der Waals surface area contributed by atoms with E-state index in [9.17, 15) is 0 Å². The van der Waals surface area contributed by atoms with Crippen LogP contribution in [-0.2, 0) is 0 Å². The molecule has 1 aromatic rings. The van der Waals surface area contributed by atoms with Crippen LogP contribution in [0.25, 0.3) is 0 Å². The van der Waals surface area contributed by atoms with Crippen molar-refractivity contribution in [1.29, 1.82) is 0 Å². The molecule has 0 spiro atoms. The van der Waals surface area contributed by atoms with Gasteiger partial charge in [0.1, 0.15) is 5.75 Å². The van der Waals surface area contributed by atoms with Gasteiger partial charge in [-0.2, -0.15) is 0 Å². The van der Waals surface area contributed by atoms with Crippen molar-refractivity contribution < 1.29 is 4.74 Å². The molecule has 1 saturated heterocycles. The molecule has 1 fully saturated rings. The van der Waals surface area contributed by atoms with Crippen molar-refractivity contribution in [3.63, 3.8) is 0 Å². The van der Waals surface area contributed by atoms with Crippen LogP contribution in [0.15, 0.2) is 18.2 Å². The lowest BCUT2D eigenvalue weighted by atomic mass is 9.97. The van der Waals surface area contributed by atoms with Gasteiger partial charge in [0.25, 0.3) is 0 Å². The molecule has 3 N–H and O–H groups in total. The molecule has 94 valence electrons. The first-order chi connectivity index (χ1) is 8.20. The van der Waals surface area contributed by atoms with Gasteiger partial charge < -0.3 is 15.8 Å². The first-order valence-corrected chi connectivity index (χ1v) is 6.34. The first-order valence-electron chi connectivity index (χ1n) is 6.34. The predicted octanol–water partition coefficient (Wildman–Crippen LogP) is 2.15. The van der Waals surface area contributed by atoms with E-state index >= 15 is 0 Å². The van der Waals surface area contributed by atoms with Crippen molar-refractivity contribution in [1.82, 2.24) is 5.32 Å². The fraction of sp³-hybridized carbons (Fsp3) is 0.571. The van der Waals surface area contributed by atoms with Crippen molar-refractivity contribution in [2.24, 2.45) is 5.73 Å². The summed E-state index contributed by atoms with van der Waals surface area (Å²) in [6.45, 7) is 3.21. The van der Waals surface area contributed by atoms with Crippen molar-refractivity contribution >= 4 is 0 Å². The average Bonchev–Trinajstić information content (AvgIpc) is 2.81. The van der Waals surface area contributed by atoms with E-state index in [-0.39, 0.29) is 6.04 Å². The fourth-order valence-corrected chi connectivity index (χ4v) is 2.53. The van der Waals surface area contributed by atoms with Crippen LogP contribution in [0.1, 0.15) is 36.4 Å². The summed E-state index contributed by atoms with van der Waals surface area (Å²) in [5.74, 6) is 0.904. The number of nitrogens with two attached hydrogens (primary N) is 1. The summed E-state index contributed by atoms with van der Waals surface area (Å²) in [5, 5.41) is 3.49. The number of rotatable bonds is 4. The predicted molar refractivity (Wildman–Crippen MR) is 70.3 cm³/mol. The lowest BCUT2D eigenvalue weighted by molar-refractivity contribution is 0.399. The number of hydrogen-bond donors (Lipinski definition) is 2. The Morgan fingerprint density at radius 1 is 1.53 bits per heavy atom. The highest BCUT2D eigenvalue weighted by atomic mass is 16.5. The maximum absolute atomic E-state index is 6.30. The Hall–Kier alpha value is -1.06. The lowest BCUT2D eigenvalue weighted by Crippen LogP contribution is -2.27. The summed E-state index contributed by atoms with van der Waals surface area (Å²) in [4.78, 5) is 0. The van der Waals surface area contributed by atoms with Gasteiger partial charge in [-0.05, 0) is 38.8 Å². The minimum absolute atomic E-state index is 0.0560. The number of hydrogen-bond acceptors (Lipinski definition) is 3. The monoisotopic (exact) mass is 234 g/mol. The molecular formula is C14H22N2O. The zero-order chi connectivity index (χ0) is 12.3. The Kier molecular flexibility index (Phi) is 4.02. The number of ether oxygens (including phenoxy) is 1. The SMILES string of the molecule is COc1ccc(C)cc1C(N)CC1CCCN1. The fourth-order valence-electron chi connectivity index (χ4n) is 2.53. The molecule has 0 aliphatic carbocycles. The van der Waals surface area contributed by atoms with Crippen LogP contribution in [-0.4, -0.2) is 19.7 Å². The molecule has 0 amide bonds. The van der Waals surface area contributed by atoms with Gasteiger partial charge in [-0.3, -0.25) is 0 Å². The summed E-state index contributed by atoms with van der Waals surface area (Å²) in [6.07, 6.45) is 3.49. The molecule has 1 heterocycles. The molecule has 0 bridgehead atoms. The van der Waals surface area contributed by atoms with Crippen LogP contribution in [0.4, 0.5) is 0 Å². The first kappa shape index (κ1) is 12.4. The standard InChI is InChI=1S/C14H22N2O/c1-10-5-6-14(17-2)12(8-10)13(15)9-11-4-3-7-16-11/h5-6,8,11,13,16H,3-4,7,9,15H2,1-2H3. The van der Waals surface area contributed by atoms with E-state index in [2.05, 4.69) is 24.4 Å². The molecule has 17 heavy (non-hydrogen) atoms. The minimum atomic E-state index is 0.0560. The quantitative estimate of drug-likeness (QED) is 0.839. The number of benzene rings is 1. The molecule has 2 atom stereocenters. The zero-order valence-electron chi connectivity index (χ0n) is 10.7. The molecule has 1 aromatic carbocycles. The van der Waals surface area contributed by atoms with E-state index in [0.29, 0.717) is 6.04 Å². The Labute approximate surface area is 103 Å². The van der Waals surface area contributed by atoms with E-state index in [1.807, 2.05) is 6.07 Å². The Morgan fingerprint density at radius 2 is 2.35 bits per heavy atom. The molecule has 3 nitrogen and oxygen atoms in total. The summed E-state index contributed by atoms with van der Waals surface area (Å²) < 4.78 is 5.39. The molecular weight excluding hydrogens is 212 g/mol. The Bertz CT molecular complexity index is 372. The van der Waals surface area contributed by atoms with Crippen LogP contribution >= 0.6 is 0 Å². The summed E-state index contributed by atoms with van der Waals surface area (Å²) >= 11 is 0.